The van der Waals surface area contributed by atoms with Gasteiger partial charge in [0.2, 0.25) is 11.8 Å². The maximum absolute atomic E-state index is 12.1. The van der Waals surface area contributed by atoms with E-state index in [0.717, 1.165) is 32.3 Å². The van der Waals surface area contributed by atoms with Gasteiger partial charge in [-0.2, -0.15) is 0 Å². The van der Waals surface area contributed by atoms with Gasteiger partial charge in [-0.25, -0.2) is 0 Å². The fraction of sp³-hybridized carbons (Fsp3) is 0.875. The third-order valence-electron chi connectivity index (χ3n) is 4.18. The minimum absolute atomic E-state index is 0.0538. The number of carbonyl (C=O) groups excluding carboxylic acids is 2. The maximum Gasteiger partial charge on any atom is 0.225 e. The summed E-state index contributed by atoms with van der Waals surface area (Å²) in [6.07, 6.45) is 3.28. The van der Waals surface area contributed by atoms with E-state index in [1.807, 2.05) is 25.7 Å². The van der Waals surface area contributed by atoms with Crippen LogP contribution in [0.3, 0.4) is 0 Å². The predicted octanol–water partition coefficient (Wildman–Crippen LogP) is 1.81. The van der Waals surface area contributed by atoms with E-state index in [1.165, 1.54) is 0 Å². The highest BCUT2D eigenvalue weighted by Crippen LogP contribution is 2.19. The van der Waals surface area contributed by atoms with Crippen molar-refractivity contribution >= 4 is 11.8 Å². The number of ether oxygens (including phenoxy) is 1. The fourth-order valence-corrected chi connectivity index (χ4v) is 2.52. The molecule has 0 bridgehead atoms. The number of nitrogens with zero attached hydrogens (tertiary/aromatic N) is 1. The third-order valence-corrected chi connectivity index (χ3v) is 4.18. The van der Waals surface area contributed by atoms with Crippen molar-refractivity contribution in [1.29, 1.82) is 0 Å². The summed E-state index contributed by atoms with van der Waals surface area (Å²) < 4.78 is 5.24. The molecule has 0 aromatic rings. The Hall–Kier alpha value is -1.10. The van der Waals surface area contributed by atoms with E-state index in [2.05, 4.69) is 5.32 Å². The molecule has 1 N–H and O–H groups in total. The Morgan fingerprint density at radius 1 is 1.29 bits per heavy atom. The first kappa shape index (κ1) is 18.0. The predicted molar refractivity (Wildman–Crippen MR) is 82.9 cm³/mol. The average molecular weight is 298 g/mol. The molecule has 1 heterocycles. The topological polar surface area (TPSA) is 58.6 Å². The van der Waals surface area contributed by atoms with Crippen molar-refractivity contribution < 1.29 is 14.3 Å². The second-order valence-electron chi connectivity index (χ2n) is 5.75. The molecule has 1 unspecified atom stereocenters. The van der Waals surface area contributed by atoms with Crippen molar-refractivity contribution in [2.75, 3.05) is 32.8 Å². The normalized spacial score (nSPS) is 17.6. The summed E-state index contributed by atoms with van der Waals surface area (Å²) in [7, 11) is 0. The Labute approximate surface area is 128 Å². The van der Waals surface area contributed by atoms with Gasteiger partial charge >= 0.3 is 0 Å². The monoisotopic (exact) mass is 298 g/mol. The number of amides is 2. The van der Waals surface area contributed by atoms with Crippen LogP contribution in [0.15, 0.2) is 0 Å². The van der Waals surface area contributed by atoms with Crippen molar-refractivity contribution in [2.45, 2.75) is 46.5 Å². The largest absolute Gasteiger partial charge is 0.382 e. The molecule has 0 aromatic carbocycles. The Bertz CT molecular complexity index is 325. The van der Waals surface area contributed by atoms with E-state index in [0.29, 0.717) is 26.2 Å². The lowest BCUT2D eigenvalue weighted by atomic mass is 9.94. The number of carbonyl (C=O) groups is 2. The zero-order chi connectivity index (χ0) is 15.7. The Morgan fingerprint density at radius 3 is 2.52 bits per heavy atom. The summed E-state index contributed by atoms with van der Waals surface area (Å²) in [4.78, 5) is 26.0. The number of rotatable bonds is 8. The zero-order valence-electron chi connectivity index (χ0n) is 13.7. The van der Waals surface area contributed by atoms with Gasteiger partial charge in [0.15, 0.2) is 0 Å². The number of likely N-dealkylation sites (tertiary alicyclic amines) is 1. The van der Waals surface area contributed by atoms with Crippen molar-refractivity contribution in [2.24, 2.45) is 11.8 Å². The number of piperidine rings is 1. The van der Waals surface area contributed by atoms with E-state index in [-0.39, 0.29) is 23.7 Å². The molecule has 1 fully saturated rings. The standard InChI is InChI=1S/C16H30N2O3/c1-4-13(3)16(20)18-10-7-14(8-11-18)15(19)17-9-6-12-21-5-2/h13-14H,4-12H2,1-3H3,(H,17,19). The first-order valence-corrected chi connectivity index (χ1v) is 8.24. The Morgan fingerprint density at radius 2 is 1.95 bits per heavy atom. The summed E-state index contributed by atoms with van der Waals surface area (Å²) in [5, 5.41) is 2.97. The second kappa shape index (κ2) is 9.77. The van der Waals surface area contributed by atoms with E-state index < -0.39 is 0 Å². The van der Waals surface area contributed by atoms with E-state index in [4.69, 9.17) is 4.74 Å². The quantitative estimate of drug-likeness (QED) is 0.695. The van der Waals surface area contributed by atoms with Crippen LogP contribution >= 0.6 is 0 Å². The van der Waals surface area contributed by atoms with Crippen molar-refractivity contribution in [3.63, 3.8) is 0 Å². The molecular formula is C16H30N2O3. The van der Waals surface area contributed by atoms with Crippen LogP contribution < -0.4 is 5.32 Å². The maximum atomic E-state index is 12.1. The molecule has 0 saturated carbocycles. The SMILES string of the molecule is CCOCCCNC(=O)C1CCN(C(=O)C(C)CC)CC1. The lowest BCUT2D eigenvalue weighted by Gasteiger charge is -2.32. The smallest absolute Gasteiger partial charge is 0.225 e. The van der Waals surface area contributed by atoms with Crippen LogP contribution in [0.5, 0.6) is 0 Å². The lowest BCUT2D eigenvalue weighted by Crippen LogP contribution is -2.44. The molecule has 0 aromatic heterocycles. The van der Waals surface area contributed by atoms with E-state index >= 15 is 0 Å². The van der Waals surface area contributed by atoms with Crippen LogP contribution in [0.25, 0.3) is 0 Å². The molecule has 0 aliphatic carbocycles. The highest BCUT2D eigenvalue weighted by molar-refractivity contribution is 5.80. The molecule has 5 nitrogen and oxygen atoms in total. The highest BCUT2D eigenvalue weighted by atomic mass is 16.5. The van der Waals surface area contributed by atoms with Crippen LogP contribution in [-0.4, -0.2) is 49.6 Å². The van der Waals surface area contributed by atoms with Crippen LogP contribution in [0.1, 0.15) is 46.5 Å². The molecule has 2 amide bonds. The van der Waals surface area contributed by atoms with Gasteiger partial charge in [0.25, 0.3) is 0 Å². The molecule has 1 rings (SSSR count). The minimum Gasteiger partial charge on any atom is -0.382 e. The van der Waals surface area contributed by atoms with Gasteiger partial charge in [0.1, 0.15) is 0 Å². The number of hydrogen-bond donors (Lipinski definition) is 1. The molecule has 1 aliphatic heterocycles. The highest BCUT2D eigenvalue weighted by Gasteiger charge is 2.28. The van der Waals surface area contributed by atoms with Crippen LogP contribution in [0.2, 0.25) is 0 Å². The molecule has 122 valence electrons. The fourth-order valence-electron chi connectivity index (χ4n) is 2.52. The van der Waals surface area contributed by atoms with Gasteiger partial charge in [0.05, 0.1) is 0 Å². The first-order valence-electron chi connectivity index (χ1n) is 8.24. The van der Waals surface area contributed by atoms with Gasteiger partial charge in [-0.15, -0.1) is 0 Å². The van der Waals surface area contributed by atoms with Crippen LogP contribution in [-0.2, 0) is 14.3 Å². The Balaban J connectivity index is 2.23. The molecule has 1 atom stereocenters. The van der Waals surface area contributed by atoms with Gasteiger partial charge in [-0.1, -0.05) is 13.8 Å². The van der Waals surface area contributed by atoms with Gasteiger partial charge in [-0.3, -0.25) is 9.59 Å². The molecule has 0 radical (unpaired) electrons. The summed E-state index contributed by atoms with van der Waals surface area (Å²) in [6.45, 7) is 9.47. The van der Waals surface area contributed by atoms with Crippen LogP contribution in [0.4, 0.5) is 0 Å². The summed E-state index contributed by atoms with van der Waals surface area (Å²) in [5.41, 5.74) is 0. The molecule has 1 saturated heterocycles. The van der Waals surface area contributed by atoms with Gasteiger partial charge in [0, 0.05) is 44.7 Å². The average Bonchev–Trinajstić information content (AvgIpc) is 2.53. The molecule has 0 spiro atoms. The summed E-state index contributed by atoms with van der Waals surface area (Å²) in [6, 6.07) is 0. The molecule has 21 heavy (non-hydrogen) atoms. The number of nitrogens with one attached hydrogen (secondary N) is 1. The summed E-state index contributed by atoms with van der Waals surface area (Å²) >= 11 is 0. The lowest BCUT2D eigenvalue weighted by molar-refractivity contribution is -0.138. The van der Waals surface area contributed by atoms with Crippen molar-refractivity contribution in [3.8, 4) is 0 Å². The van der Waals surface area contributed by atoms with Gasteiger partial charge in [-0.05, 0) is 32.6 Å². The zero-order valence-corrected chi connectivity index (χ0v) is 13.7. The van der Waals surface area contributed by atoms with E-state index in [9.17, 15) is 9.59 Å². The first-order chi connectivity index (χ1) is 10.1. The van der Waals surface area contributed by atoms with Crippen molar-refractivity contribution in [1.82, 2.24) is 10.2 Å². The molecule has 5 heteroatoms. The van der Waals surface area contributed by atoms with Crippen molar-refractivity contribution in [3.05, 3.63) is 0 Å². The van der Waals surface area contributed by atoms with Crippen LogP contribution in [0, 0.1) is 11.8 Å². The summed E-state index contributed by atoms with van der Waals surface area (Å²) in [5.74, 6) is 0.502. The minimum atomic E-state index is 0.0538. The molecule has 1 aliphatic rings. The third kappa shape index (κ3) is 6.04. The second-order valence-corrected chi connectivity index (χ2v) is 5.75. The van der Waals surface area contributed by atoms with Gasteiger partial charge < -0.3 is 15.0 Å². The molecular weight excluding hydrogens is 268 g/mol. The Kier molecular flexibility index (Phi) is 8.35. The van der Waals surface area contributed by atoms with E-state index in [1.54, 1.807) is 0 Å². The number of hydrogen-bond acceptors (Lipinski definition) is 3.